The Morgan fingerprint density at radius 1 is 1.32 bits per heavy atom. The first kappa shape index (κ1) is 15.1. The summed E-state index contributed by atoms with van der Waals surface area (Å²) in [5.41, 5.74) is 0.982. The number of thioether (sulfide) groups is 1. The highest BCUT2D eigenvalue weighted by Gasteiger charge is 2.22. The van der Waals surface area contributed by atoms with Gasteiger partial charge in [0.15, 0.2) is 0 Å². The average molecular weight is 302 g/mol. The van der Waals surface area contributed by atoms with Crippen LogP contribution in [0.3, 0.4) is 0 Å². The maximum Gasteiger partial charge on any atom is 0.124 e. The summed E-state index contributed by atoms with van der Waals surface area (Å²) >= 11 is 8.08. The molecule has 1 unspecified atom stereocenters. The molecule has 19 heavy (non-hydrogen) atoms. The molecule has 0 bridgehead atoms. The predicted octanol–water partition coefficient (Wildman–Crippen LogP) is 4.80. The highest BCUT2D eigenvalue weighted by molar-refractivity contribution is 7.99. The van der Waals surface area contributed by atoms with Crippen LogP contribution < -0.4 is 5.32 Å². The van der Waals surface area contributed by atoms with Crippen molar-refractivity contribution < 1.29 is 4.39 Å². The van der Waals surface area contributed by atoms with Crippen LogP contribution in [-0.4, -0.2) is 17.5 Å². The van der Waals surface area contributed by atoms with Gasteiger partial charge in [0.1, 0.15) is 5.82 Å². The van der Waals surface area contributed by atoms with Gasteiger partial charge in [-0.25, -0.2) is 4.39 Å². The van der Waals surface area contributed by atoms with E-state index in [0.29, 0.717) is 11.1 Å². The highest BCUT2D eigenvalue weighted by Crippen LogP contribution is 2.29. The van der Waals surface area contributed by atoms with E-state index in [1.54, 1.807) is 6.07 Å². The maximum absolute atomic E-state index is 13.0. The Labute approximate surface area is 124 Å². The van der Waals surface area contributed by atoms with Crippen molar-refractivity contribution in [3.63, 3.8) is 0 Å². The Kier molecular flexibility index (Phi) is 5.55. The first-order valence-electron chi connectivity index (χ1n) is 6.84. The van der Waals surface area contributed by atoms with Crippen LogP contribution in [0.25, 0.3) is 0 Å². The van der Waals surface area contributed by atoms with Crippen LogP contribution in [0, 0.1) is 5.82 Å². The SMILES string of the molecule is CSC1CCC(NC(C)c2ccc(F)cc2Cl)CC1. The minimum absolute atomic E-state index is 0.170. The molecule has 1 aliphatic carbocycles. The zero-order chi connectivity index (χ0) is 13.8. The quantitative estimate of drug-likeness (QED) is 0.857. The van der Waals surface area contributed by atoms with Crippen LogP contribution >= 0.6 is 23.4 Å². The maximum atomic E-state index is 13.0. The van der Waals surface area contributed by atoms with Gasteiger partial charge in [-0.2, -0.15) is 11.8 Å². The van der Waals surface area contributed by atoms with Gasteiger partial charge >= 0.3 is 0 Å². The van der Waals surface area contributed by atoms with E-state index in [1.807, 2.05) is 11.8 Å². The van der Waals surface area contributed by atoms with Crippen LogP contribution in [0.2, 0.25) is 5.02 Å². The largest absolute Gasteiger partial charge is 0.307 e. The molecular weight excluding hydrogens is 281 g/mol. The fourth-order valence-electron chi connectivity index (χ4n) is 2.76. The van der Waals surface area contributed by atoms with Gasteiger partial charge in [-0.1, -0.05) is 17.7 Å². The molecule has 0 saturated heterocycles. The molecule has 0 amide bonds. The van der Waals surface area contributed by atoms with Crippen molar-refractivity contribution in [2.45, 2.75) is 49.9 Å². The van der Waals surface area contributed by atoms with Crippen molar-refractivity contribution in [2.24, 2.45) is 0 Å². The second kappa shape index (κ2) is 6.96. The van der Waals surface area contributed by atoms with Gasteiger partial charge in [-0.15, -0.1) is 0 Å². The number of rotatable bonds is 4. The summed E-state index contributed by atoms with van der Waals surface area (Å²) in [6.07, 6.45) is 7.19. The third kappa shape index (κ3) is 4.11. The molecule has 1 aromatic carbocycles. The Hall–Kier alpha value is -0.250. The summed E-state index contributed by atoms with van der Waals surface area (Å²) in [6.45, 7) is 2.10. The molecule has 0 spiro atoms. The lowest BCUT2D eigenvalue weighted by molar-refractivity contribution is 0.352. The molecule has 0 radical (unpaired) electrons. The van der Waals surface area contributed by atoms with Crippen LogP contribution in [0.15, 0.2) is 18.2 Å². The molecule has 0 aromatic heterocycles. The molecule has 4 heteroatoms. The van der Waals surface area contributed by atoms with Gasteiger partial charge in [-0.3, -0.25) is 0 Å². The second-order valence-electron chi connectivity index (χ2n) is 5.26. The van der Waals surface area contributed by atoms with Crippen molar-refractivity contribution in [2.75, 3.05) is 6.26 Å². The molecule has 1 N–H and O–H groups in total. The van der Waals surface area contributed by atoms with E-state index < -0.39 is 0 Å². The molecule has 0 aliphatic heterocycles. The molecule has 1 atom stereocenters. The van der Waals surface area contributed by atoms with E-state index in [0.717, 1.165) is 10.8 Å². The summed E-state index contributed by atoms with van der Waals surface area (Å²) in [5, 5.41) is 4.96. The lowest BCUT2D eigenvalue weighted by Crippen LogP contribution is -2.35. The van der Waals surface area contributed by atoms with E-state index in [-0.39, 0.29) is 11.9 Å². The van der Waals surface area contributed by atoms with Gasteiger partial charge in [0.05, 0.1) is 0 Å². The molecule has 2 rings (SSSR count). The lowest BCUT2D eigenvalue weighted by Gasteiger charge is -2.30. The fourth-order valence-corrected chi connectivity index (χ4v) is 3.84. The molecule has 1 aliphatic rings. The van der Waals surface area contributed by atoms with E-state index in [4.69, 9.17) is 11.6 Å². The van der Waals surface area contributed by atoms with Crippen LogP contribution in [-0.2, 0) is 0 Å². The van der Waals surface area contributed by atoms with E-state index in [9.17, 15) is 4.39 Å². The number of benzene rings is 1. The standard InChI is InChI=1S/C15H21ClFNS/c1-10(14-8-3-11(17)9-15(14)16)18-12-4-6-13(19-2)7-5-12/h3,8-10,12-13,18H,4-7H2,1-2H3. The van der Waals surface area contributed by atoms with Crippen molar-refractivity contribution in [3.05, 3.63) is 34.6 Å². The molecule has 106 valence electrons. The molecule has 1 nitrogen and oxygen atoms in total. The zero-order valence-electron chi connectivity index (χ0n) is 11.5. The molecule has 1 fully saturated rings. The number of halogens is 2. The van der Waals surface area contributed by atoms with Gasteiger partial charge in [0, 0.05) is 22.4 Å². The second-order valence-corrected chi connectivity index (χ2v) is 6.81. The number of nitrogens with one attached hydrogen (secondary N) is 1. The third-order valence-electron chi connectivity index (χ3n) is 3.92. The predicted molar refractivity (Wildman–Crippen MR) is 82.5 cm³/mol. The summed E-state index contributed by atoms with van der Waals surface area (Å²) in [5.74, 6) is -0.276. The van der Waals surface area contributed by atoms with Crippen LogP contribution in [0.1, 0.15) is 44.2 Å². The first-order chi connectivity index (χ1) is 9.10. The third-order valence-corrected chi connectivity index (χ3v) is 5.39. The normalized spacial score (nSPS) is 25.3. The van der Waals surface area contributed by atoms with E-state index >= 15 is 0 Å². The van der Waals surface area contributed by atoms with Gasteiger partial charge in [0.25, 0.3) is 0 Å². The summed E-state index contributed by atoms with van der Waals surface area (Å²) < 4.78 is 13.0. The Balaban J connectivity index is 1.92. The average Bonchev–Trinajstić information content (AvgIpc) is 2.39. The smallest absolute Gasteiger partial charge is 0.124 e. The van der Waals surface area contributed by atoms with Gasteiger partial charge in [0.2, 0.25) is 0 Å². The van der Waals surface area contributed by atoms with E-state index in [1.165, 1.54) is 37.8 Å². The van der Waals surface area contributed by atoms with Crippen molar-refractivity contribution >= 4 is 23.4 Å². The minimum atomic E-state index is -0.276. The molecule has 1 aromatic rings. The monoisotopic (exact) mass is 301 g/mol. The van der Waals surface area contributed by atoms with Gasteiger partial charge in [-0.05, 0) is 56.6 Å². The fraction of sp³-hybridized carbons (Fsp3) is 0.600. The lowest BCUT2D eigenvalue weighted by atomic mass is 9.93. The van der Waals surface area contributed by atoms with Crippen molar-refractivity contribution in [1.29, 1.82) is 0 Å². The minimum Gasteiger partial charge on any atom is -0.307 e. The molecular formula is C15H21ClFNS. The van der Waals surface area contributed by atoms with Crippen molar-refractivity contribution in [1.82, 2.24) is 5.32 Å². The molecule has 0 heterocycles. The first-order valence-corrected chi connectivity index (χ1v) is 8.50. The summed E-state index contributed by atoms with van der Waals surface area (Å²) in [6, 6.07) is 5.37. The Morgan fingerprint density at radius 2 is 2.00 bits per heavy atom. The van der Waals surface area contributed by atoms with Crippen molar-refractivity contribution in [3.8, 4) is 0 Å². The Bertz CT molecular complexity index is 419. The van der Waals surface area contributed by atoms with E-state index in [2.05, 4.69) is 18.5 Å². The number of hydrogen-bond donors (Lipinski definition) is 1. The molecule has 1 saturated carbocycles. The summed E-state index contributed by atoms with van der Waals surface area (Å²) in [4.78, 5) is 0. The van der Waals surface area contributed by atoms with Crippen LogP contribution in [0.5, 0.6) is 0 Å². The zero-order valence-corrected chi connectivity index (χ0v) is 13.0. The highest BCUT2D eigenvalue weighted by atomic mass is 35.5. The van der Waals surface area contributed by atoms with Crippen LogP contribution in [0.4, 0.5) is 4.39 Å². The Morgan fingerprint density at radius 3 is 2.58 bits per heavy atom. The summed E-state index contributed by atoms with van der Waals surface area (Å²) in [7, 11) is 0. The number of hydrogen-bond acceptors (Lipinski definition) is 2. The van der Waals surface area contributed by atoms with Gasteiger partial charge < -0.3 is 5.32 Å². The topological polar surface area (TPSA) is 12.0 Å².